The summed E-state index contributed by atoms with van der Waals surface area (Å²) in [6.07, 6.45) is 15.8. The molecule has 0 heterocycles. The molecule has 3 rings (SSSR count). The normalized spacial score (nSPS) is 29.6. The molecule has 0 spiro atoms. The number of halogens is 2. The van der Waals surface area contributed by atoms with Crippen LogP contribution in [-0.4, -0.2) is 0 Å². The van der Waals surface area contributed by atoms with Gasteiger partial charge in [-0.1, -0.05) is 25.0 Å². The average molecular weight is 357 g/mol. The number of benzene rings is 1. The molecule has 1 aromatic rings. The number of hydrogen-bond donors (Lipinski definition) is 0. The zero-order valence-corrected chi connectivity index (χ0v) is 15.5. The summed E-state index contributed by atoms with van der Waals surface area (Å²) in [5.41, 5.74) is 0.969. The Morgan fingerprint density at radius 2 is 1.58 bits per heavy atom. The van der Waals surface area contributed by atoms with Crippen LogP contribution in [0.25, 0.3) is 0 Å². The second-order valence-corrected chi connectivity index (χ2v) is 8.17. The highest BCUT2D eigenvalue weighted by Crippen LogP contribution is 2.44. The van der Waals surface area contributed by atoms with Crippen LogP contribution in [-0.2, 0) is 0 Å². The predicted octanol–water partition coefficient (Wildman–Crippen LogP) is 6.90. The Morgan fingerprint density at radius 1 is 0.923 bits per heavy atom. The number of allylic oxidation sites excluding steroid dienone is 2. The summed E-state index contributed by atoms with van der Waals surface area (Å²) in [5, 5.41) is 8.53. The van der Waals surface area contributed by atoms with E-state index < -0.39 is 11.6 Å². The predicted molar refractivity (Wildman–Crippen MR) is 100 cm³/mol. The molecule has 0 radical (unpaired) electrons. The van der Waals surface area contributed by atoms with Gasteiger partial charge in [0.15, 0.2) is 11.6 Å². The number of nitrogens with zero attached hydrogens (tertiary/aromatic N) is 1. The van der Waals surface area contributed by atoms with Crippen LogP contribution in [0.3, 0.4) is 0 Å². The molecule has 1 aromatic carbocycles. The molecule has 3 heteroatoms. The Hall–Kier alpha value is -1.69. The van der Waals surface area contributed by atoms with E-state index in [4.69, 9.17) is 5.26 Å². The second kappa shape index (κ2) is 9.31. The zero-order valence-electron chi connectivity index (χ0n) is 15.5. The van der Waals surface area contributed by atoms with Crippen molar-refractivity contribution in [1.29, 1.82) is 5.26 Å². The molecule has 0 amide bonds. The van der Waals surface area contributed by atoms with Crippen LogP contribution in [0.5, 0.6) is 0 Å². The summed E-state index contributed by atoms with van der Waals surface area (Å²) in [7, 11) is 0. The Labute approximate surface area is 156 Å². The van der Waals surface area contributed by atoms with Gasteiger partial charge in [-0.25, -0.2) is 8.78 Å². The smallest absolute Gasteiger partial charge is 0.159 e. The molecule has 0 aliphatic heterocycles. The van der Waals surface area contributed by atoms with Crippen molar-refractivity contribution in [3.63, 3.8) is 0 Å². The minimum atomic E-state index is -0.748. The second-order valence-electron chi connectivity index (χ2n) is 8.17. The molecule has 0 atom stereocenters. The van der Waals surface area contributed by atoms with Crippen LogP contribution in [0.15, 0.2) is 30.4 Å². The summed E-state index contributed by atoms with van der Waals surface area (Å²) >= 11 is 0. The summed E-state index contributed by atoms with van der Waals surface area (Å²) in [6.45, 7) is 0. The van der Waals surface area contributed by atoms with Gasteiger partial charge in [0, 0.05) is 6.08 Å². The topological polar surface area (TPSA) is 23.8 Å². The van der Waals surface area contributed by atoms with Crippen molar-refractivity contribution in [1.82, 2.24) is 0 Å². The molecule has 140 valence electrons. The highest BCUT2D eigenvalue weighted by atomic mass is 19.2. The largest absolute Gasteiger partial charge is 0.204 e. The molecule has 2 aliphatic rings. The van der Waals surface area contributed by atoms with E-state index in [0.29, 0.717) is 5.92 Å². The SMILES string of the molecule is N#C/C=C/CCC1CCC(C2CCC(c3ccc(F)c(F)c3)CC2)CC1. The van der Waals surface area contributed by atoms with E-state index >= 15 is 0 Å². The standard InChI is InChI=1S/C23H29F2N/c24-22-14-13-21(16-23(22)25)20-11-9-19(10-12-20)18-7-5-17(6-8-18)4-2-1-3-15-26/h1,3,13-14,16-20H,2,4-12H2/b3-1+. The Balaban J connectivity index is 1.42. The molecule has 2 aliphatic carbocycles. The lowest BCUT2D eigenvalue weighted by molar-refractivity contribution is 0.157. The van der Waals surface area contributed by atoms with Crippen LogP contribution in [0.1, 0.15) is 75.7 Å². The lowest BCUT2D eigenvalue weighted by Crippen LogP contribution is -2.25. The lowest BCUT2D eigenvalue weighted by Gasteiger charge is -2.38. The minimum absolute atomic E-state index is 0.393. The maximum atomic E-state index is 13.5. The third-order valence-electron chi connectivity index (χ3n) is 6.68. The highest BCUT2D eigenvalue weighted by molar-refractivity contribution is 5.22. The molecule has 26 heavy (non-hydrogen) atoms. The summed E-state index contributed by atoms with van der Waals surface area (Å²) in [4.78, 5) is 0. The molecule has 0 aromatic heterocycles. The maximum Gasteiger partial charge on any atom is 0.159 e. The van der Waals surface area contributed by atoms with E-state index in [0.717, 1.165) is 42.6 Å². The fourth-order valence-corrected chi connectivity index (χ4v) is 5.11. The van der Waals surface area contributed by atoms with Gasteiger partial charge in [-0.05, 0) is 92.7 Å². The van der Waals surface area contributed by atoms with E-state index in [-0.39, 0.29) is 0 Å². The molecule has 2 fully saturated rings. The van der Waals surface area contributed by atoms with Crippen LogP contribution < -0.4 is 0 Å². The molecule has 0 bridgehead atoms. The molecule has 0 unspecified atom stereocenters. The molecule has 0 N–H and O–H groups in total. The first kappa shape index (κ1) is 19.1. The first-order valence-electron chi connectivity index (χ1n) is 10.2. The number of nitriles is 1. The van der Waals surface area contributed by atoms with Crippen molar-refractivity contribution in [2.24, 2.45) is 17.8 Å². The quantitative estimate of drug-likeness (QED) is 0.525. The Bertz CT molecular complexity index is 645. The van der Waals surface area contributed by atoms with Crippen LogP contribution in [0, 0.1) is 40.7 Å². The highest BCUT2D eigenvalue weighted by Gasteiger charge is 2.31. The van der Waals surface area contributed by atoms with Gasteiger partial charge in [0.1, 0.15) is 0 Å². The summed E-state index contributed by atoms with van der Waals surface area (Å²) in [6, 6.07) is 6.48. The number of rotatable bonds is 5. The van der Waals surface area contributed by atoms with E-state index in [1.54, 1.807) is 12.1 Å². The van der Waals surface area contributed by atoms with Gasteiger partial charge in [-0.3, -0.25) is 0 Å². The van der Waals surface area contributed by atoms with Gasteiger partial charge < -0.3 is 0 Å². The van der Waals surface area contributed by atoms with Gasteiger partial charge >= 0.3 is 0 Å². The fourth-order valence-electron chi connectivity index (χ4n) is 5.11. The molecule has 2 saturated carbocycles. The maximum absolute atomic E-state index is 13.5. The van der Waals surface area contributed by atoms with Gasteiger partial charge in [0.05, 0.1) is 6.07 Å². The van der Waals surface area contributed by atoms with Gasteiger partial charge in [0.25, 0.3) is 0 Å². The molecular formula is C23H29F2N. The third kappa shape index (κ3) is 4.93. The van der Waals surface area contributed by atoms with E-state index in [1.807, 2.05) is 6.08 Å². The van der Waals surface area contributed by atoms with Crippen LogP contribution >= 0.6 is 0 Å². The molecule has 0 saturated heterocycles. The van der Waals surface area contributed by atoms with Crippen molar-refractivity contribution in [3.8, 4) is 6.07 Å². The summed E-state index contributed by atoms with van der Waals surface area (Å²) in [5.74, 6) is 1.43. The first-order valence-corrected chi connectivity index (χ1v) is 10.2. The van der Waals surface area contributed by atoms with Crippen LogP contribution in [0.2, 0.25) is 0 Å². The van der Waals surface area contributed by atoms with Crippen molar-refractivity contribution in [2.75, 3.05) is 0 Å². The van der Waals surface area contributed by atoms with Gasteiger partial charge in [0.2, 0.25) is 0 Å². The van der Waals surface area contributed by atoms with E-state index in [1.165, 1.54) is 57.1 Å². The fraction of sp³-hybridized carbons (Fsp3) is 0.609. The van der Waals surface area contributed by atoms with Gasteiger partial charge in [-0.2, -0.15) is 5.26 Å². The third-order valence-corrected chi connectivity index (χ3v) is 6.68. The average Bonchev–Trinajstić information content (AvgIpc) is 2.68. The lowest BCUT2D eigenvalue weighted by atomic mass is 9.68. The van der Waals surface area contributed by atoms with Crippen molar-refractivity contribution < 1.29 is 8.78 Å². The van der Waals surface area contributed by atoms with Crippen molar-refractivity contribution in [3.05, 3.63) is 47.5 Å². The van der Waals surface area contributed by atoms with Crippen molar-refractivity contribution in [2.45, 2.75) is 70.1 Å². The molecule has 1 nitrogen and oxygen atoms in total. The first-order chi connectivity index (χ1) is 12.7. The van der Waals surface area contributed by atoms with E-state index in [9.17, 15) is 8.78 Å². The Morgan fingerprint density at radius 3 is 2.19 bits per heavy atom. The molecular weight excluding hydrogens is 328 g/mol. The minimum Gasteiger partial charge on any atom is -0.204 e. The van der Waals surface area contributed by atoms with Crippen molar-refractivity contribution >= 4 is 0 Å². The van der Waals surface area contributed by atoms with E-state index in [2.05, 4.69) is 6.07 Å². The zero-order chi connectivity index (χ0) is 18.4. The van der Waals surface area contributed by atoms with Crippen LogP contribution in [0.4, 0.5) is 8.78 Å². The van der Waals surface area contributed by atoms with Gasteiger partial charge in [-0.15, -0.1) is 0 Å². The Kier molecular flexibility index (Phi) is 6.83. The monoisotopic (exact) mass is 357 g/mol. The number of hydrogen-bond acceptors (Lipinski definition) is 1. The summed E-state index contributed by atoms with van der Waals surface area (Å²) < 4.78 is 26.6.